The van der Waals surface area contributed by atoms with E-state index in [9.17, 15) is 0 Å². The van der Waals surface area contributed by atoms with Gasteiger partial charge >= 0.3 is 0 Å². The predicted molar refractivity (Wildman–Crippen MR) is 78.7 cm³/mol. The zero-order valence-electron chi connectivity index (χ0n) is 11.5. The van der Waals surface area contributed by atoms with Crippen LogP contribution in [0, 0.1) is 0 Å². The Balaban J connectivity index is 2.00. The molecule has 0 aromatic heterocycles. The zero-order valence-corrected chi connectivity index (χ0v) is 12.3. The molecule has 1 aromatic rings. The quantitative estimate of drug-likeness (QED) is 0.463. The standard InChI is InChI=1S/C15H24O2S/c1-3-4-5-6-11-16-12-13-17-14-7-9-15(18-2)10-8-14/h7-10H,3-6,11-13H2,1-2H3. The smallest absolute Gasteiger partial charge is 0.119 e. The van der Waals surface area contributed by atoms with Crippen molar-refractivity contribution in [1.29, 1.82) is 0 Å². The lowest BCUT2D eigenvalue weighted by Crippen LogP contribution is -2.07. The second-order valence-corrected chi connectivity index (χ2v) is 5.08. The van der Waals surface area contributed by atoms with Crippen LogP contribution in [0.2, 0.25) is 0 Å². The van der Waals surface area contributed by atoms with E-state index < -0.39 is 0 Å². The summed E-state index contributed by atoms with van der Waals surface area (Å²) in [7, 11) is 0. The van der Waals surface area contributed by atoms with Gasteiger partial charge in [0.25, 0.3) is 0 Å². The fraction of sp³-hybridized carbons (Fsp3) is 0.600. The summed E-state index contributed by atoms with van der Waals surface area (Å²) in [5.41, 5.74) is 0. The fourth-order valence-corrected chi connectivity index (χ4v) is 2.03. The second kappa shape index (κ2) is 10.3. The molecule has 3 heteroatoms. The van der Waals surface area contributed by atoms with Crippen molar-refractivity contribution in [2.45, 2.75) is 37.5 Å². The maximum absolute atomic E-state index is 5.60. The van der Waals surface area contributed by atoms with Crippen molar-refractivity contribution in [2.24, 2.45) is 0 Å². The van der Waals surface area contributed by atoms with Crippen LogP contribution in [-0.4, -0.2) is 26.1 Å². The summed E-state index contributed by atoms with van der Waals surface area (Å²) in [6.07, 6.45) is 7.09. The summed E-state index contributed by atoms with van der Waals surface area (Å²) in [5.74, 6) is 0.919. The van der Waals surface area contributed by atoms with Crippen LogP contribution in [0.15, 0.2) is 29.2 Å². The first-order chi connectivity index (χ1) is 8.86. The minimum atomic E-state index is 0.631. The molecule has 18 heavy (non-hydrogen) atoms. The topological polar surface area (TPSA) is 18.5 Å². The van der Waals surface area contributed by atoms with E-state index in [0.29, 0.717) is 13.2 Å². The molecule has 0 aliphatic rings. The number of hydrogen-bond donors (Lipinski definition) is 0. The molecule has 0 aliphatic heterocycles. The highest BCUT2D eigenvalue weighted by Crippen LogP contribution is 2.18. The molecule has 0 fully saturated rings. The van der Waals surface area contributed by atoms with Gasteiger partial charge in [0.1, 0.15) is 12.4 Å². The van der Waals surface area contributed by atoms with E-state index in [0.717, 1.165) is 18.8 Å². The third kappa shape index (κ3) is 6.92. The lowest BCUT2D eigenvalue weighted by Gasteiger charge is -2.07. The largest absolute Gasteiger partial charge is 0.491 e. The normalized spacial score (nSPS) is 10.6. The molecule has 0 aliphatic carbocycles. The van der Waals surface area contributed by atoms with Crippen LogP contribution in [0.5, 0.6) is 5.75 Å². The van der Waals surface area contributed by atoms with E-state index in [1.54, 1.807) is 11.8 Å². The van der Waals surface area contributed by atoms with Gasteiger partial charge in [-0.2, -0.15) is 0 Å². The van der Waals surface area contributed by atoms with Crippen molar-refractivity contribution in [3.63, 3.8) is 0 Å². The minimum absolute atomic E-state index is 0.631. The molecule has 0 atom stereocenters. The third-order valence-electron chi connectivity index (χ3n) is 2.70. The number of unbranched alkanes of at least 4 members (excludes halogenated alkanes) is 3. The second-order valence-electron chi connectivity index (χ2n) is 4.20. The van der Waals surface area contributed by atoms with Crippen molar-refractivity contribution in [3.8, 4) is 5.75 Å². The molecular formula is C15H24O2S. The van der Waals surface area contributed by atoms with Crippen LogP contribution in [0.1, 0.15) is 32.6 Å². The van der Waals surface area contributed by atoms with E-state index in [2.05, 4.69) is 25.3 Å². The van der Waals surface area contributed by atoms with Crippen molar-refractivity contribution in [1.82, 2.24) is 0 Å². The average Bonchev–Trinajstić information content (AvgIpc) is 2.42. The number of hydrogen-bond acceptors (Lipinski definition) is 3. The van der Waals surface area contributed by atoms with Crippen molar-refractivity contribution in [3.05, 3.63) is 24.3 Å². The molecule has 0 saturated heterocycles. The van der Waals surface area contributed by atoms with Gasteiger partial charge in [0.05, 0.1) is 6.61 Å². The maximum Gasteiger partial charge on any atom is 0.119 e. The first-order valence-corrected chi connectivity index (χ1v) is 7.94. The van der Waals surface area contributed by atoms with Crippen LogP contribution >= 0.6 is 11.8 Å². The van der Waals surface area contributed by atoms with E-state index >= 15 is 0 Å². The fourth-order valence-electron chi connectivity index (χ4n) is 1.62. The number of rotatable bonds is 10. The van der Waals surface area contributed by atoms with E-state index in [4.69, 9.17) is 9.47 Å². The molecule has 1 aromatic carbocycles. The molecule has 0 radical (unpaired) electrons. The van der Waals surface area contributed by atoms with E-state index in [1.807, 2.05) is 12.1 Å². The molecule has 0 amide bonds. The number of thioether (sulfide) groups is 1. The lowest BCUT2D eigenvalue weighted by atomic mass is 10.2. The van der Waals surface area contributed by atoms with Gasteiger partial charge < -0.3 is 9.47 Å². The number of benzene rings is 1. The summed E-state index contributed by atoms with van der Waals surface area (Å²) in [6.45, 7) is 4.38. The Morgan fingerprint density at radius 1 is 0.944 bits per heavy atom. The molecule has 0 saturated carbocycles. The van der Waals surface area contributed by atoms with Crippen molar-refractivity contribution < 1.29 is 9.47 Å². The Kier molecular flexibility index (Phi) is 8.78. The molecule has 1 rings (SSSR count). The number of ether oxygens (including phenoxy) is 2. The van der Waals surface area contributed by atoms with Crippen LogP contribution in [0.25, 0.3) is 0 Å². The van der Waals surface area contributed by atoms with E-state index in [-0.39, 0.29) is 0 Å². The van der Waals surface area contributed by atoms with Crippen LogP contribution in [-0.2, 0) is 4.74 Å². The monoisotopic (exact) mass is 268 g/mol. The predicted octanol–water partition coefficient (Wildman–Crippen LogP) is 4.38. The van der Waals surface area contributed by atoms with Crippen molar-refractivity contribution in [2.75, 3.05) is 26.1 Å². The van der Waals surface area contributed by atoms with Gasteiger partial charge in [-0.15, -0.1) is 11.8 Å². The molecule has 0 heterocycles. The molecule has 0 unspecified atom stereocenters. The highest BCUT2D eigenvalue weighted by Gasteiger charge is 1.95. The van der Waals surface area contributed by atoms with Crippen molar-refractivity contribution >= 4 is 11.8 Å². The van der Waals surface area contributed by atoms with Gasteiger partial charge in [-0.1, -0.05) is 26.2 Å². The SMILES string of the molecule is CCCCCCOCCOc1ccc(SC)cc1. The van der Waals surface area contributed by atoms with Crippen LogP contribution in [0.4, 0.5) is 0 Å². The summed E-state index contributed by atoms with van der Waals surface area (Å²) < 4.78 is 11.1. The van der Waals surface area contributed by atoms with Gasteiger partial charge in [0, 0.05) is 11.5 Å². The zero-order chi connectivity index (χ0) is 13.1. The molecule has 2 nitrogen and oxygen atoms in total. The minimum Gasteiger partial charge on any atom is -0.491 e. The summed E-state index contributed by atoms with van der Waals surface area (Å²) in [5, 5.41) is 0. The van der Waals surface area contributed by atoms with Gasteiger partial charge in [0.15, 0.2) is 0 Å². The Hall–Kier alpha value is -0.670. The van der Waals surface area contributed by atoms with Crippen LogP contribution < -0.4 is 4.74 Å². The Labute approximate surface area is 115 Å². The van der Waals surface area contributed by atoms with Crippen LogP contribution in [0.3, 0.4) is 0 Å². The average molecular weight is 268 g/mol. The summed E-state index contributed by atoms with van der Waals surface area (Å²) >= 11 is 1.74. The molecule has 0 spiro atoms. The Morgan fingerprint density at radius 3 is 2.39 bits per heavy atom. The van der Waals surface area contributed by atoms with Gasteiger partial charge in [0.2, 0.25) is 0 Å². The maximum atomic E-state index is 5.60. The molecule has 102 valence electrons. The Bertz CT molecular complexity index is 298. The molecule has 0 N–H and O–H groups in total. The first kappa shape index (κ1) is 15.4. The lowest BCUT2D eigenvalue weighted by molar-refractivity contribution is 0.0971. The van der Waals surface area contributed by atoms with Gasteiger partial charge in [-0.3, -0.25) is 0 Å². The summed E-state index contributed by atoms with van der Waals surface area (Å²) in [4.78, 5) is 1.26. The molecule has 0 bridgehead atoms. The Morgan fingerprint density at radius 2 is 1.72 bits per heavy atom. The third-order valence-corrected chi connectivity index (χ3v) is 3.44. The van der Waals surface area contributed by atoms with Gasteiger partial charge in [-0.05, 0) is 36.9 Å². The van der Waals surface area contributed by atoms with E-state index in [1.165, 1.54) is 24.2 Å². The summed E-state index contributed by atoms with van der Waals surface area (Å²) in [6, 6.07) is 8.16. The van der Waals surface area contributed by atoms with Gasteiger partial charge in [-0.25, -0.2) is 0 Å². The molecular weight excluding hydrogens is 244 g/mol. The highest BCUT2D eigenvalue weighted by molar-refractivity contribution is 7.98. The first-order valence-electron chi connectivity index (χ1n) is 6.71. The highest BCUT2D eigenvalue weighted by atomic mass is 32.2.